The van der Waals surface area contributed by atoms with Gasteiger partial charge in [-0.2, -0.15) is 0 Å². The van der Waals surface area contributed by atoms with Crippen LogP contribution in [0.15, 0.2) is 72.2 Å². The van der Waals surface area contributed by atoms with Crippen LogP contribution >= 0.6 is 0 Å². The number of para-hydroxylation sites is 1. The van der Waals surface area contributed by atoms with Gasteiger partial charge in [0.15, 0.2) is 0 Å². The van der Waals surface area contributed by atoms with E-state index in [1.807, 2.05) is 18.2 Å². The van der Waals surface area contributed by atoms with Gasteiger partial charge in [-0.3, -0.25) is 4.79 Å². The fraction of sp³-hybridized carbons (Fsp3) is 0.105. The topological polar surface area (TPSA) is 84.5 Å². The molecule has 7 heteroatoms. The van der Waals surface area contributed by atoms with Gasteiger partial charge in [-0.25, -0.2) is 13.1 Å². The van der Waals surface area contributed by atoms with Crippen LogP contribution in [0.3, 0.4) is 0 Å². The van der Waals surface area contributed by atoms with E-state index < -0.39 is 10.0 Å². The third kappa shape index (κ3) is 5.30. The Hall–Kier alpha value is -2.90. The van der Waals surface area contributed by atoms with Crippen LogP contribution in [0.1, 0.15) is 5.56 Å². The van der Waals surface area contributed by atoms with Crippen molar-refractivity contribution in [3.8, 4) is 5.75 Å². The minimum absolute atomic E-state index is 0.113. The number of methoxy groups -OCH3 is 1. The summed E-state index contributed by atoms with van der Waals surface area (Å²) < 4.78 is 31.5. The molecule has 0 spiro atoms. The number of hydrogen-bond acceptors (Lipinski definition) is 4. The summed E-state index contributed by atoms with van der Waals surface area (Å²) in [7, 11) is -2.02. The average Bonchev–Trinajstić information content (AvgIpc) is 2.65. The van der Waals surface area contributed by atoms with Crippen LogP contribution in [0.4, 0.5) is 5.69 Å². The zero-order valence-corrected chi connectivity index (χ0v) is 15.1. The van der Waals surface area contributed by atoms with Crippen LogP contribution in [0.5, 0.6) is 5.75 Å². The highest BCUT2D eigenvalue weighted by Gasteiger charge is 2.12. The van der Waals surface area contributed by atoms with Crippen molar-refractivity contribution < 1.29 is 17.9 Å². The maximum Gasteiger partial charge on any atom is 0.248 e. The molecule has 1 amide bonds. The summed E-state index contributed by atoms with van der Waals surface area (Å²) in [6.07, 6.45) is 4.49. The van der Waals surface area contributed by atoms with Crippen molar-refractivity contribution in [3.05, 3.63) is 72.8 Å². The standard InChI is InChI=1S/C19H20N2O4S/c1-3-14-20-26(23,24)17-11-9-16(10-12-17)21-19(22)13-8-15-6-4-5-7-18(15)25-2/h3-13,20H,1,14H2,2H3,(H,21,22). The highest BCUT2D eigenvalue weighted by atomic mass is 32.2. The van der Waals surface area contributed by atoms with Crippen molar-refractivity contribution in [3.63, 3.8) is 0 Å². The first-order chi connectivity index (χ1) is 12.5. The monoisotopic (exact) mass is 372 g/mol. The lowest BCUT2D eigenvalue weighted by atomic mass is 10.2. The molecule has 0 radical (unpaired) electrons. The molecule has 0 bridgehead atoms. The molecular weight excluding hydrogens is 352 g/mol. The number of carbonyl (C=O) groups excluding carboxylic acids is 1. The summed E-state index contributed by atoms with van der Waals surface area (Å²) in [5, 5.41) is 2.67. The molecule has 0 saturated carbocycles. The van der Waals surface area contributed by atoms with Gasteiger partial charge >= 0.3 is 0 Å². The fourth-order valence-electron chi connectivity index (χ4n) is 2.12. The lowest BCUT2D eigenvalue weighted by Gasteiger charge is -2.07. The highest BCUT2D eigenvalue weighted by molar-refractivity contribution is 7.89. The molecular formula is C19H20N2O4S. The Morgan fingerprint density at radius 2 is 1.85 bits per heavy atom. The maximum atomic E-state index is 12.0. The van der Waals surface area contributed by atoms with Gasteiger partial charge in [-0.1, -0.05) is 24.3 Å². The summed E-state index contributed by atoms with van der Waals surface area (Å²) in [6.45, 7) is 3.61. The van der Waals surface area contributed by atoms with E-state index in [-0.39, 0.29) is 17.3 Å². The van der Waals surface area contributed by atoms with Gasteiger partial charge in [-0.15, -0.1) is 6.58 Å². The first kappa shape index (κ1) is 19.4. The second-order valence-electron chi connectivity index (χ2n) is 5.23. The van der Waals surface area contributed by atoms with E-state index in [2.05, 4.69) is 16.6 Å². The minimum atomic E-state index is -3.58. The Morgan fingerprint density at radius 1 is 1.15 bits per heavy atom. The van der Waals surface area contributed by atoms with E-state index in [9.17, 15) is 13.2 Å². The van der Waals surface area contributed by atoms with Gasteiger partial charge in [0.2, 0.25) is 15.9 Å². The smallest absolute Gasteiger partial charge is 0.248 e. The van der Waals surface area contributed by atoms with Crippen molar-refractivity contribution in [2.24, 2.45) is 0 Å². The molecule has 0 aliphatic heterocycles. The van der Waals surface area contributed by atoms with Crippen molar-refractivity contribution in [2.45, 2.75) is 4.90 Å². The Kier molecular flexibility index (Phi) is 6.71. The molecule has 0 aliphatic rings. The average molecular weight is 372 g/mol. The molecule has 2 aromatic carbocycles. The van der Waals surface area contributed by atoms with E-state index in [0.717, 1.165) is 5.56 Å². The van der Waals surface area contributed by atoms with Gasteiger partial charge in [-0.05, 0) is 36.4 Å². The number of amides is 1. The number of benzene rings is 2. The third-order valence-electron chi connectivity index (χ3n) is 3.40. The van der Waals surface area contributed by atoms with Crippen molar-refractivity contribution in [1.29, 1.82) is 0 Å². The molecule has 0 aromatic heterocycles. The van der Waals surface area contributed by atoms with E-state index in [1.54, 1.807) is 19.3 Å². The third-order valence-corrected chi connectivity index (χ3v) is 4.84. The lowest BCUT2D eigenvalue weighted by molar-refractivity contribution is -0.111. The molecule has 0 fully saturated rings. The molecule has 2 N–H and O–H groups in total. The van der Waals surface area contributed by atoms with Gasteiger partial charge < -0.3 is 10.1 Å². The van der Waals surface area contributed by atoms with Crippen molar-refractivity contribution in [1.82, 2.24) is 4.72 Å². The lowest BCUT2D eigenvalue weighted by Crippen LogP contribution is -2.23. The summed E-state index contributed by atoms with van der Waals surface area (Å²) in [6, 6.07) is 13.2. The molecule has 0 atom stereocenters. The molecule has 136 valence electrons. The van der Waals surface area contributed by atoms with Crippen LogP contribution in [0.25, 0.3) is 6.08 Å². The summed E-state index contributed by atoms with van der Waals surface area (Å²) in [5.41, 5.74) is 1.27. The minimum Gasteiger partial charge on any atom is -0.496 e. The van der Waals surface area contributed by atoms with Crippen LogP contribution in [0, 0.1) is 0 Å². The van der Waals surface area contributed by atoms with Gasteiger partial charge in [0.05, 0.1) is 12.0 Å². The second-order valence-corrected chi connectivity index (χ2v) is 7.00. The normalized spacial score (nSPS) is 11.3. The number of hydrogen-bond donors (Lipinski definition) is 2. The Bertz CT molecular complexity index is 903. The predicted octanol–water partition coefficient (Wildman–Crippen LogP) is 2.81. The molecule has 6 nitrogen and oxygen atoms in total. The zero-order valence-electron chi connectivity index (χ0n) is 14.3. The predicted molar refractivity (Wildman–Crippen MR) is 102 cm³/mol. The number of rotatable bonds is 8. The number of ether oxygens (including phenoxy) is 1. The number of anilines is 1. The maximum absolute atomic E-state index is 12.0. The van der Waals surface area contributed by atoms with Gasteiger partial charge in [0.1, 0.15) is 5.75 Å². The van der Waals surface area contributed by atoms with Gasteiger partial charge in [0.25, 0.3) is 0 Å². The van der Waals surface area contributed by atoms with E-state index in [4.69, 9.17) is 4.74 Å². The van der Waals surface area contributed by atoms with Crippen LogP contribution in [-0.2, 0) is 14.8 Å². The molecule has 2 aromatic rings. The number of sulfonamides is 1. The fourth-order valence-corrected chi connectivity index (χ4v) is 3.12. The Balaban J connectivity index is 2.03. The quantitative estimate of drug-likeness (QED) is 0.551. The Morgan fingerprint density at radius 3 is 2.50 bits per heavy atom. The molecule has 2 rings (SSSR count). The van der Waals surface area contributed by atoms with Crippen LogP contribution < -0.4 is 14.8 Å². The van der Waals surface area contributed by atoms with E-state index in [0.29, 0.717) is 11.4 Å². The largest absolute Gasteiger partial charge is 0.496 e. The molecule has 0 saturated heterocycles. The van der Waals surface area contributed by atoms with Crippen LogP contribution in [-0.4, -0.2) is 28.0 Å². The summed E-state index contributed by atoms with van der Waals surface area (Å²) in [5.74, 6) is 0.328. The van der Waals surface area contributed by atoms with E-state index >= 15 is 0 Å². The summed E-state index contributed by atoms with van der Waals surface area (Å²) in [4.78, 5) is 12.1. The van der Waals surface area contributed by atoms with Gasteiger partial charge in [0, 0.05) is 23.9 Å². The van der Waals surface area contributed by atoms with Crippen LogP contribution in [0.2, 0.25) is 0 Å². The molecule has 0 heterocycles. The molecule has 26 heavy (non-hydrogen) atoms. The SMILES string of the molecule is C=CCNS(=O)(=O)c1ccc(NC(=O)C=Cc2ccccc2OC)cc1. The molecule has 0 aliphatic carbocycles. The number of carbonyl (C=O) groups is 1. The summed E-state index contributed by atoms with van der Waals surface area (Å²) >= 11 is 0. The zero-order chi connectivity index (χ0) is 19.0. The first-order valence-corrected chi connectivity index (χ1v) is 9.27. The first-order valence-electron chi connectivity index (χ1n) is 7.79. The second kappa shape index (κ2) is 8.98. The highest BCUT2D eigenvalue weighted by Crippen LogP contribution is 2.19. The van der Waals surface area contributed by atoms with Crippen molar-refractivity contribution >= 4 is 27.7 Å². The van der Waals surface area contributed by atoms with E-state index in [1.165, 1.54) is 36.4 Å². The molecule has 0 unspecified atom stereocenters. The Labute approximate surface area is 153 Å². The van der Waals surface area contributed by atoms with Crippen molar-refractivity contribution in [2.75, 3.05) is 19.0 Å². The number of nitrogens with one attached hydrogen (secondary N) is 2.